The average Bonchev–Trinajstić information content (AvgIpc) is 2.29. The van der Waals surface area contributed by atoms with Crippen LogP contribution in [0.25, 0.3) is 6.08 Å². The number of methoxy groups -OCH3 is 1. The fourth-order valence-electron chi connectivity index (χ4n) is 1.25. The number of nitrogens with zero attached hydrogens (tertiary/aromatic N) is 1. The van der Waals surface area contributed by atoms with Gasteiger partial charge in [0.1, 0.15) is 5.75 Å². The van der Waals surface area contributed by atoms with Crippen molar-refractivity contribution in [3.05, 3.63) is 35.4 Å². The number of hydrogen-bond acceptors (Lipinski definition) is 3. The minimum atomic E-state index is 0.00306. The fourth-order valence-corrected chi connectivity index (χ4v) is 1.25. The maximum atomic E-state index is 8.98. The minimum absolute atomic E-state index is 0.00306. The lowest BCUT2D eigenvalue weighted by Crippen LogP contribution is -1.90. The highest BCUT2D eigenvalue weighted by atomic mass is 16.5. The second kappa shape index (κ2) is 5.84. The van der Waals surface area contributed by atoms with Gasteiger partial charge in [-0.05, 0) is 17.7 Å². The number of benzene rings is 1. The van der Waals surface area contributed by atoms with Crippen molar-refractivity contribution in [1.82, 2.24) is 0 Å². The Bertz CT molecular complexity index is 391. The summed E-state index contributed by atoms with van der Waals surface area (Å²) in [6.07, 6.45) is 3.95. The van der Waals surface area contributed by atoms with Crippen molar-refractivity contribution >= 4 is 6.08 Å². The average molecular weight is 203 g/mol. The van der Waals surface area contributed by atoms with Gasteiger partial charge in [-0.25, -0.2) is 0 Å². The largest absolute Gasteiger partial charge is 0.496 e. The Hall–Kier alpha value is -1.79. The zero-order chi connectivity index (χ0) is 11.1. The Morgan fingerprint density at radius 2 is 2.33 bits per heavy atom. The molecule has 0 heterocycles. The van der Waals surface area contributed by atoms with Crippen molar-refractivity contribution in [2.75, 3.05) is 7.11 Å². The van der Waals surface area contributed by atoms with Gasteiger partial charge in [0.25, 0.3) is 0 Å². The molecule has 0 saturated carbocycles. The molecule has 0 spiro atoms. The van der Waals surface area contributed by atoms with E-state index in [9.17, 15) is 0 Å². The minimum Gasteiger partial charge on any atom is -0.496 e. The highest BCUT2D eigenvalue weighted by Gasteiger charge is 2.00. The molecule has 1 aromatic rings. The van der Waals surface area contributed by atoms with Gasteiger partial charge in [0.05, 0.1) is 26.2 Å². The molecule has 0 fully saturated rings. The third-order valence-electron chi connectivity index (χ3n) is 1.98. The van der Waals surface area contributed by atoms with E-state index in [0.717, 1.165) is 16.9 Å². The number of nitriles is 1. The fraction of sp³-hybridized carbons (Fsp3) is 0.250. The van der Waals surface area contributed by atoms with Crippen LogP contribution in [0.5, 0.6) is 5.75 Å². The van der Waals surface area contributed by atoms with Crippen LogP contribution in [0.15, 0.2) is 24.3 Å². The first-order chi connectivity index (χ1) is 7.31. The molecule has 0 atom stereocenters. The quantitative estimate of drug-likeness (QED) is 0.815. The van der Waals surface area contributed by atoms with E-state index in [0.29, 0.717) is 6.42 Å². The first-order valence-electron chi connectivity index (χ1n) is 4.63. The third kappa shape index (κ3) is 3.12. The number of rotatable bonds is 4. The lowest BCUT2D eigenvalue weighted by atomic mass is 10.1. The number of aliphatic hydroxyl groups is 1. The zero-order valence-corrected chi connectivity index (χ0v) is 8.60. The summed E-state index contributed by atoms with van der Waals surface area (Å²) in [6, 6.07) is 7.48. The van der Waals surface area contributed by atoms with Gasteiger partial charge in [0, 0.05) is 5.56 Å². The molecule has 0 aliphatic heterocycles. The molecular weight excluding hydrogens is 190 g/mol. The third-order valence-corrected chi connectivity index (χ3v) is 1.98. The van der Waals surface area contributed by atoms with Gasteiger partial charge in [0.2, 0.25) is 0 Å². The summed E-state index contributed by atoms with van der Waals surface area (Å²) in [5.74, 6) is 0.737. The van der Waals surface area contributed by atoms with E-state index < -0.39 is 0 Å². The summed E-state index contributed by atoms with van der Waals surface area (Å²) >= 11 is 0. The lowest BCUT2D eigenvalue weighted by molar-refractivity contribution is 0.281. The van der Waals surface area contributed by atoms with Crippen LogP contribution in [0, 0.1) is 11.3 Å². The van der Waals surface area contributed by atoms with Crippen LogP contribution >= 0.6 is 0 Å². The van der Waals surface area contributed by atoms with Gasteiger partial charge in [-0.1, -0.05) is 18.2 Å². The molecule has 0 radical (unpaired) electrons. The van der Waals surface area contributed by atoms with E-state index in [1.165, 1.54) is 0 Å². The Morgan fingerprint density at radius 1 is 1.53 bits per heavy atom. The van der Waals surface area contributed by atoms with Crippen molar-refractivity contribution < 1.29 is 9.84 Å². The molecule has 0 unspecified atom stereocenters. The predicted molar refractivity (Wildman–Crippen MR) is 58.2 cm³/mol. The van der Waals surface area contributed by atoms with Crippen molar-refractivity contribution in [1.29, 1.82) is 5.26 Å². The van der Waals surface area contributed by atoms with Gasteiger partial charge in [-0.3, -0.25) is 0 Å². The first-order valence-corrected chi connectivity index (χ1v) is 4.63. The van der Waals surface area contributed by atoms with Crippen molar-refractivity contribution in [2.24, 2.45) is 0 Å². The maximum absolute atomic E-state index is 8.98. The van der Waals surface area contributed by atoms with E-state index in [4.69, 9.17) is 15.1 Å². The van der Waals surface area contributed by atoms with Crippen molar-refractivity contribution in [3.63, 3.8) is 0 Å². The van der Waals surface area contributed by atoms with E-state index >= 15 is 0 Å². The summed E-state index contributed by atoms with van der Waals surface area (Å²) < 4.78 is 5.16. The molecule has 3 heteroatoms. The van der Waals surface area contributed by atoms with Crippen LogP contribution in [-0.4, -0.2) is 12.2 Å². The zero-order valence-electron chi connectivity index (χ0n) is 8.60. The van der Waals surface area contributed by atoms with Gasteiger partial charge in [-0.2, -0.15) is 5.26 Å². The number of hydrogen-bond donors (Lipinski definition) is 1. The van der Waals surface area contributed by atoms with Crippen molar-refractivity contribution in [2.45, 2.75) is 13.0 Å². The molecular formula is C12H13NO2. The van der Waals surface area contributed by atoms with Crippen LogP contribution in [0.3, 0.4) is 0 Å². The van der Waals surface area contributed by atoms with Crippen LogP contribution < -0.4 is 4.74 Å². The second-order valence-corrected chi connectivity index (χ2v) is 3.00. The topological polar surface area (TPSA) is 53.2 Å². The Kier molecular flexibility index (Phi) is 4.39. The standard InChI is InChI=1S/C12H13NO2/c1-15-12-6-5-10(9-14)8-11(12)4-2-3-7-13/h2,4-6,8,14H,3,9H2,1H3. The second-order valence-electron chi connectivity index (χ2n) is 3.00. The Labute approximate surface area is 89.2 Å². The molecule has 0 aliphatic carbocycles. The molecule has 1 rings (SSSR count). The van der Waals surface area contributed by atoms with E-state index in [1.807, 2.05) is 18.2 Å². The molecule has 15 heavy (non-hydrogen) atoms. The van der Waals surface area contributed by atoms with Crippen LogP contribution in [0.1, 0.15) is 17.5 Å². The summed E-state index contributed by atoms with van der Waals surface area (Å²) in [6.45, 7) is 0.00306. The monoisotopic (exact) mass is 203 g/mol. The Balaban J connectivity index is 2.96. The van der Waals surface area contributed by atoms with Crippen molar-refractivity contribution in [3.8, 4) is 11.8 Å². The summed E-state index contributed by atoms with van der Waals surface area (Å²) in [5.41, 5.74) is 1.70. The van der Waals surface area contributed by atoms with Crippen LogP contribution in [0.2, 0.25) is 0 Å². The normalized spacial score (nSPS) is 10.2. The van der Waals surface area contributed by atoms with Gasteiger partial charge >= 0.3 is 0 Å². The molecule has 78 valence electrons. The van der Waals surface area contributed by atoms with Crippen LogP contribution in [0.4, 0.5) is 0 Å². The SMILES string of the molecule is COc1ccc(CO)cc1C=CCC#N. The van der Waals surface area contributed by atoms with Gasteiger partial charge in [0.15, 0.2) is 0 Å². The molecule has 0 aromatic heterocycles. The number of aliphatic hydroxyl groups excluding tert-OH is 1. The number of ether oxygens (including phenoxy) is 1. The van der Waals surface area contributed by atoms with Gasteiger partial charge < -0.3 is 9.84 Å². The highest BCUT2D eigenvalue weighted by molar-refractivity contribution is 5.58. The molecule has 0 bridgehead atoms. The smallest absolute Gasteiger partial charge is 0.126 e. The summed E-state index contributed by atoms with van der Waals surface area (Å²) in [7, 11) is 1.59. The number of allylic oxidation sites excluding steroid dienone is 1. The lowest BCUT2D eigenvalue weighted by Gasteiger charge is -2.06. The highest BCUT2D eigenvalue weighted by Crippen LogP contribution is 2.21. The van der Waals surface area contributed by atoms with Gasteiger partial charge in [-0.15, -0.1) is 0 Å². The summed E-state index contributed by atoms with van der Waals surface area (Å²) in [4.78, 5) is 0. The van der Waals surface area contributed by atoms with E-state index in [1.54, 1.807) is 25.3 Å². The van der Waals surface area contributed by atoms with E-state index in [-0.39, 0.29) is 6.61 Å². The molecule has 0 amide bonds. The summed E-state index contributed by atoms with van der Waals surface area (Å²) in [5, 5.41) is 17.4. The van der Waals surface area contributed by atoms with Crippen LogP contribution in [-0.2, 0) is 6.61 Å². The molecule has 1 aromatic carbocycles. The maximum Gasteiger partial charge on any atom is 0.126 e. The molecule has 0 saturated heterocycles. The first kappa shape index (κ1) is 11.3. The van der Waals surface area contributed by atoms with E-state index in [2.05, 4.69) is 0 Å². The Morgan fingerprint density at radius 3 is 2.93 bits per heavy atom. The molecule has 1 N–H and O–H groups in total. The predicted octanol–water partition coefficient (Wildman–Crippen LogP) is 2.11. The molecule has 0 aliphatic rings. The molecule has 3 nitrogen and oxygen atoms in total.